The van der Waals surface area contributed by atoms with Gasteiger partial charge in [-0.2, -0.15) is 0 Å². The second-order valence-electron chi connectivity index (χ2n) is 7.16. The Bertz CT molecular complexity index is 527. The zero-order valence-corrected chi connectivity index (χ0v) is 14.6. The van der Waals surface area contributed by atoms with Gasteiger partial charge in [0.1, 0.15) is 5.82 Å². The van der Waals surface area contributed by atoms with E-state index >= 15 is 0 Å². The van der Waals surface area contributed by atoms with E-state index in [0.717, 1.165) is 45.4 Å². The summed E-state index contributed by atoms with van der Waals surface area (Å²) in [6.45, 7) is 7.86. The third-order valence-electron chi connectivity index (χ3n) is 5.43. The summed E-state index contributed by atoms with van der Waals surface area (Å²) in [6, 6.07) is 0.110. The molecular formula is C18H30N4O. The van der Waals surface area contributed by atoms with Crippen LogP contribution in [0.4, 0.5) is 4.79 Å². The first-order valence-electron chi connectivity index (χ1n) is 9.23. The van der Waals surface area contributed by atoms with Crippen LogP contribution in [-0.4, -0.2) is 40.1 Å². The molecule has 2 fully saturated rings. The molecule has 2 heterocycles. The number of piperidine rings is 1. The van der Waals surface area contributed by atoms with Gasteiger partial charge in [-0.15, -0.1) is 0 Å². The molecule has 1 saturated carbocycles. The van der Waals surface area contributed by atoms with Crippen molar-refractivity contribution in [2.75, 3.05) is 19.6 Å². The lowest BCUT2D eigenvalue weighted by atomic mass is 9.84. The van der Waals surface area contributed by atoms with Gasteiger partial charge in [0.15, 0.2) is 0 Å². The van der Waals surface area contributed by atoms with Crippen LogP contribution in [0.1, 0.15) is 62.9 Å². The van der Waals surface area contributed by atoms with Gasteiger partial charge in [0.25, 0.3) is 0 Å². The number of nitrogens with zero attached hydrogens (tertiary/aromatic N) is 3. The van der Waals surface area contributed by atoms with Crippen molar-refractivity contribution in [3.63, 3.8) is 0 Å². The van der Waals surface area contributed by atoms with Gasteiger partial charge in [0.2, 0.25) is 0 Å². The van der Waals surface area contributed by atoms with Crippen LogP contribution in [0, 0.1) is 12.8 Å². The zero-order chi connectivity index (χ0) is 16.2. The number of amides is 2. The molecule has 5 nitrogen and oxygen atoms in total. The fraction of sp³-hybridized carbons (Fsp3) is 0.778. The van der Waals surface area contributed by atoms with Crippen molar-refractivity contribution >= 4 is 6.03 Å². The number of aromatic nitrogens is 2. The van der Waals surface area contributed by atoms with Gasteiger partial charge in [0.05, 0.1) is 0 Å². The lowest BCUT2D eigenvalue weighted by molar-refractivity contribution is 0.164. The molecule has 3 rings (SSSR count). The van der Waals surface area contributed by atoms with Gasteiger partial charge in [-0.25, -0.2) is 9.78 Å². The van der Waals surface area contributed by atoms with E-state index in [1.165, 1.54) is 30.8 Å². The Labute approximate surface area is 139 Å². The van der Waals surface area contributed by atoms with E-state index in [1.807, 2.05) is 11.1 Å². The summed E-state index contributed by atoms with van der Waals surface area (Å²) < 4.78 is 2.45. The van der Waals surface area contributed by atoms with E-state index in [4.69, 9.17) is 0 Å². The van der Waals surface area contributed by atoms with Gasteiger partial charge in [0, 0.05) is 44.0 Å². The normalized spacial score (nSPS) is 19.7. The molecule has 1 aromatic rings. The summed E-state index contributed by atoms with van der Waals surface area (Å²) in [5.41, 5.74) is 1.29. The van der Waals surface area contributed by atoms with E-state index in [2.05, 4.69) is 28.7 Å². The molecule has 1 saturated heterocycles. The van der Waals surface area contributed by atoms with Crippen molar-refractivity contribution in [2.24, 2.45) is 5.92 Å². The Morgan fingerprint density at radius 3 is 2.65 bits per heavy atom. The third-order valence-corrected chi connectivity index (χ3v) is 5.43. The Morgan fingerprint density at radius 2 is 2.04 bits per heavy atom. The number of nitrogens with one attached hydrogen (secondary N) is 1. The van der Waals surface area contributed by atoms with Crippen LogP contribution < -0.4 is 5.32 Å². The first-order chi connectivity index (χ1) is 11.2. The lowest BCUT2D eigenvalue weighted by Crippen LogP contribution is -2.45. The molecule has 0 atom stereocenters. The van der Waals surface area contributed by atoms with Crippen LogP contribution in [0.15, 0.2) is 6.20 Å². The van der Waals surface area contributed by atoms with Crippen molar-refractivity contribution in [1.82, 2.24) is 19.8 Å². The van der Waals surface area contributed by atoms with Gasteiger partial charge in [-0.1, -0.05) is 13.3 Å². The first kappa shape index (κ1) is 16.3. The molecule has 128 valence electrons. The lowest BCUT2D eigenvalue weighted by Gasteiger charge is -2.33. The minimum absolute atomic E-state index is 0.110. The molecule has 23 heavy (non-hydrogen) atoms. The van der Waals surface area contributed by atoms with Crippen molar-refractivity contribution in [1.29, 1.82) is 0 Å². The number of urea groups is 1. The zero-order valence-electron chi connectivity index (χ0n) is 14.6. The predicted octanol–water partition coefficient (Wildman–Crippen LogP) is 3.29. The van der Waals surface area contributed by atoms with Gasteiger partial charge in [-0.3, -0.25) is 0 Å². The minimum Gasteiger partial charge on any atom is -0.338 e. The average molecular weight is 318 g/mol. The van der Waals surface area contributed by atoms with Crippen molar-refractivity contribution in [3.8, 4) is 0 Å². The molecule has 0 aromatic carbocycles. The molecule has 0 unspecified atom stereocenters. The summed E-state index contributed by atoms with van der Waals surface area (Å²) in [5, 5.41) is 2.98. The molecular weight excluding hydrogens is 288 g/mol. The second kappa shape index (κ2) is 7.37. The number of carbonyl (C=O) groups excluding carboxylic acids is 1. The maximum atomic E-state index is 12.0. The quantitative estimate of drug-likeness (QED) is 0.905. The monoisotopic (exact) mass is 318 g/mol. The Kier molecular flexibility index (Phi) is 5.23. The van der Waals surface area contributed by atoms with E-state index < -0.39 is 0 Å². The molecule has 0 radical (unpaired) electrons. The number of carbonyl (C=O) groups is 1. The van der Waals surface area contributed by atoms with Gasteiger partial charge >= 0.3 is 6.03 Å². The van der Waals surface area contributed by atoms with Gasteiger partial charge in [-0.05, 0) is 44.9 Å². The van der Waals surface area contributed by atoms with Crippen LogP contribution in [0.5, 0.6) is 0 Å². The number of rotatable bonds is 5. The van der Waals surface area contributed by atoms with Crippen LogP contribution in [-0.2, 0) is 6.54 Å². The number of hydrogen-bond acceptors (Lipinski definition) is 2. The van der Waals surface area contributed by atoms with Crippen LogP contribution in [0.2, 0.25) is 0 Å². The average Bonchev–Trinajstić information content (AvgIpc) is 2.85. The fourth-order valence-corrected chi connectivity index (χ4v) is 3.63. The first-order valence-corrected chi connectivity index (χ1v) is 9.23. The highest BCUT2D eigenvalue weighted by molar-refractivity contribution is 5.74. The molecule has 1 aliphatic heterocycles. The molecule has 1 N–H and O–H groups in total. The SMILES string of the molecule is CCCNC(=O)N1CCC(Cn2c(C)cnc2C2CCC2)CC1. The molecule has 2 aliphatic rings. The third kappa shape index (κ3) is 3.70. The number of hydrogen-bond donors (Lipinski definition) is 1. The molecule has 1 aliphatic carbocycles. The van der Waals surface area contributed by atoms with Gasteiger partial charge < -0.3 is 14.8 Å². The predicted molar refractivity (Wildman–Crippen MR) is 91.5 cm³/mol. The summed E-state index contributed by atoms with van der Waals surface area (Å²) in [6.07, 6.45) is 9.16. The van der Waals surface area contributed by atoms with E-state index in [-0.39, 0.29) is 6.03 Å². The standard InChI is InChI=1S/C18H30N4O/c1-3-9-19-18(23)21-10-7-15(8-11-21)13-22-14(2)12-20-17(22)16-5-4-6-16/h12,15-16H,3-11,13H2,1-2H3,(H,19,23). The summed E-state index contributed by atoms with van der Waals surface area (Å²) >= 11 is 0. The molecule has 0 spiro atoms. The van der Waals surface area contributed by atoms with Crippen LogP contribution in [0.25, 0.3) is 0 Å². The highest BCUT2D eigenvalue weighted by Gasteiger charge is 2.27. The minimum atomic E-state index is 0.110. The summed E-state index contributed by atoms with van der Waals surface area (Å²) in [4.78, 5) is 18.7. The highest BCUT2D eigenvalue weighted by atomic mass is 16.2. The molecule has 0 bridgehead atoms. The highest BCUT2D eigenvalue weighted by Crippen LogP contribution is 2.36. The van der Waals surface area contributed by atoms with Crippen LogP contribution >= 0.6 is 0 Å². The number of imidazole rings is 1. The molecule has 2 amide bonds. The Balaban J connectivity index is 1.53. The van der Waals surface area contributed by atoms with Crippen molar-refractivity contribution in [3.05, 3.63) is 17.7 Å². The van der Waals surface area contributed by atoms with E-state index in [1.54, 1.807) is 0 Å². The Hall–Kier alpha value is -1.52. The second-order valence-corrected chi connectivity index (χ2v) is 7.16. The van der Waals surface area contributed by atoms with E-state index in [9.17, 15) is 4.79 Å². The fourth-order valence-electron chi connectivity index (χ4n) is 3.63. The van der Waals surface area contributed by atoms with Crippen molar-refractivity contribution in [2.45, 2.75) is 64.8 Å². The molecule has 5 heteroatoms. The smallest absolute Gasteiger partial charge is 0.317 e. The van der Waals surface area contributed by atoms with Crippen LogP contribution in [0.3, 0.4) is 0 Å². The Morgan fingerprint density at radius 1 is 1.30 bits per heavy atom. The largest absolute Gasteiger partial charge is 0.338 e. The topological polar surface area (TPSA) is 50.2 Å². The summed E-state index contributed by atoms with van der Waals surface area (Å²) in [7, 11) is 0. The van der Waals surface area contributed by atoms with E-state index in [0.29, 0.717) is 11.8 Å². The number of likely N-dealkylation sites (tertiary alicyclic amines) is 1. The number of aryl methyl sites for hydroxylation is 1. The summed E-state index contributed by atoms with van der Waals surface area (Å²) in [5.74, 6) is 2.65. The maximum absolute atomic E-state index is 12.0. The molecule has 1 aromatic heterocycles. The van der Waals surface area contributed by atoms with Crippen molar-refractivity contribution < 1.29 is 4.79 Å². The maximum Gasteiger partial charge on any atom is 0.317 e.